The second kappa shape index (κ2) is 4.27. The summed E-state index contributed by atoms with van der Waals surface area (Å²) in [5, 5.41) is 3.40. The van der Waals surface area contributed by atoms with Crippen LogP contribution in [-0.2, 0) is 0 Å². The third-order valence-electron chi connectivity index (χ3n) is 3.27. The van der Waals surface area contributed by atoms with Gasteiger partial charge in [-0.2, -0.15) is 0 Å². The van der Waals surface area contributed by atoms with E-state index in [-0.39, 0.29) is 0 Å². The Bertz CT molecular complexity index is 127. The standard InChI is InChI=1S/C11H23N/c1-5-10(8(2)3)6-9(4)11-7-12-11/h8-12H,5-7H2,1-4H3. The van der Waals surface area contributed by atoms with Gasteiger partial charge in [0.15, 0.2) is 0 Å². The second-order valence-corrected chi connectivity index (χ2v) is 4.64. The quantitative estimate of drug-likeness (QED) is 0.628. The molecule has 0 aromatic heterocycles. The summed E-state index contributed by atoms with van der Waals surface area (Å²) in [5.41, 5.74) is 0. The summed E-state index contributed by atoms with van der Waals surface area (Å²) < 4.78 is 0. The van der Waals surface area contributed by atoms with Crippen molar-refractivity contribution >= 4 is 0 Å². The Labute approximate surface area is 76.9 Å². The molecule has 0 aliphatic carbocycles. The number of hydrogen-bond donors (Lipinski definition) is 1. The lowest BCUT2D eigenvalue weighted by molar-refractivity contribution is 0.296. The highest BCUT2D eigenvalue weighted by Gasteiger charge is 2.28. The molecule has 0 amide bonds. The van der Waals surface area contributed by atoms with E-state index in [9.17, 15) is 0 Å². The van der Waals surface area contributed by atoms with Crippen LogP contribution in [-0.4, -0.2) is 12.6 Å². The molecule has 1 saturated heterocycles. The molecule has 0 bridgehead atoms. The molecule has 0 spiro atoms. The van der Waals surface area contributed by atoms with Crippen LogP contribution in [0.4, 0.5) is 0 Å². The zero-order valence-electron chi connectivity index (χ0n) is 8.93. The summed E-state index contributed by atoms with van der Waals surface area (Å²) >= 11 is 0. The van der Waals surface area contributed by atoms with Crippen molar-refractivity contribution in [1.29, 1.82) is 0 Å². The summed E-state index contributed by atoms with van der Waals surface area (Å²) in [4.78, 5) is 0. The van der Waals surface area contributed by atoms with E-state index in [1.807, 2.05) is 0 Å². The van der Waals surface area contributed by atoms with Crippen LogP contribution in [0, 0.1) is 17.8 Å². The minimum absolute atomic E-state index is 0.845. The Morgan fingerprint density at radius 3 is 2.25 bits per heavy atom. The van der Waals surface area contributed by atoms with Crippen molar-refractivity contribution in [1.82, 2.24) is 5.32 Å². The van der Waals surface area contributed by atoms with Gasteiger partial charge in [-0.1, -0.05) is 34.1 Å². The van der Waals surface area contributed by atoms with Gasteiger partial charge in [-0.05, 0) is 24.2 Å². The van der Waals surface area contributed by atoms with Crippen LogP contribution in [0.5, 0.6) is 0 Å². The molecule has 1 fully saturated rings. The molecule has 0 aromatic rings. The Hall–Kier alpha value is -0.0400. The predicted molar refractivity (Wildman–Crippen MR) is 54.2 cm³/mol. The van der Waals surface area contributed by atoms with Crippen LogP contribution in [0.1, 0.15) is 40.5 Å². The van der Waals surface area contributed by atoms with Crippen molar-refractivity contribution < 1.29 is 0 Å². The fraction of sp³-hybridized carbons (Fsp3) is 1.00. The van der Waals surface area contributed by atoms with Crippen molar-refractivity contribution in [2.75, 3.05) is 6.54 Å². The van der Waals surface area contributed by atoms with Crippen LogP contribution in [0.15, 0.2) is 0 Å². The van der Waals surface area contributed by atoms with E-state index in [0.29, 0.717) is 0 Å². The van der Waals surface area contributed by atoms with E-state index in [1.165, 1.54) is 19.4 Å². The first-order valence-electron chi connectivity index (χ1n) is 5.38. The molecule has 3 unspecified atom stereocenters. The van der Waals surface area contributed by atoms with Gasteiger partial charge in [0.2, 0.25) is 0 Å². The largest absolute Gasteiger partial charge is 0.311 e. The lowest BCUT2D eigenvalue weighted by Crippen LogP contribution is -2.16. The van der Waals surface area contributed by atoms with Gasteiger partial charge < -0.3 is 5.32 Å². The van der Waals surface area contributed by atoms with Gasteiger partial charge in [0.05, 0.1) is 0 Å². The molecule has 3 atom stereocenters. The molecule has 1 heteroatoms. The molecule has 1 nitrogen and oxygen atoms in total. The van der Waals surface area contributed by atoms with Gasteiger partial charge in [-0.3, -0.25) is 0 Å². The molecular weight excluding hydrogens is 146 g/mol. The fourth-order valence-electron chi connectivity index (χ4n) is 2.02. The summed E-state index contributed by atoms with van der Waals surface area (Å²) in [6, 6.07) is 0.845. The monoisotopic (exact) mass is 169 g/mol. The molecule has 1 aliphatic rings. The zero-order chi connectivity index (χ0) is 9.14. The first-order chi connectivity index (χ1) is 5.65. The minimum atomic E-state index is 0.845. The zero-order valence-corrected chi connectivity index (χ0v) is 8.93. The van der Waals surface area contributed by atoms with Gasteiger partial charge in [-0.15, -0.1) is 0 Å². The van der Waals surface area contributed by atoms with Crippen molar-refractivity contribution in [3.8, 4) is 0 Å². The van der Waals surface area contributed by atoms with Gasteiger partial charge in [0, 0.05) is 12.6 Å². The molecule has 1 rings (SSSR count). The van der Waals surface area contributed by atoms with Gasteiger partial charge >= 0.3 is 0 Å². The van der Waals surface area contributed by atoms with Gasteiger partial charge in [0.25, 0.3) is 0 Å². The van der Waals surface area contributed by atoms with Gasteiger partial charge in [-0.25, -0.2) is 0 Å². The van der Waals surface area contributed by atoms with Crippen molar-refractivity contribution in [2.24, 2.45) is 17.8 Å². The van der Waals surface area contributed by atoms with Crippen LogP contribution in [0.3, 0.4) is 0 Å². The highest BCUT2D eigenvalue weighted by Crippen LogP contribution is 2.27. The van der Waals surface area contributed by atoms with Crippen molar-refractivity contribution in [3.63, 3.8) is 0 Å². The Morgan fingerprint density at radius 2 is 1.92 bits per heavy atom. The van der Waals surface area contributed by atoms with E-state index >= 15 is 0 Å². The fourth-order valence-corrected chi connectivity index (χ4v) is 2.02. The molecule has 1 aliphatic heterocycles. The molecule has 0 radical (unpaired) electrons. The molecule has 1 N–H and O–H groups in total. The molecular formula is C11H23N. The van der Waals surface area contributed by atoms with Crippen LogP contribution in [0.25, 0.3) is 0 Å². The lowest BCUT2D eigenvalue weighted by atomic mass is 9.84. The predicted octanol–water partition coefficient (Wildman–Crippen LogP) is 2.67. The second-order valence-electron chi connectivity index (χ2n) is 4.64. The van der Waals surface area contributed by atoms with E-state index in [4.69, 9.17) is 0 Å². The molecule has 0 saturated carbocycles. The maximum atomic E-state index is 3.40. The smallest absolute Gasteiger partial charge is 0.0218 e. The normalized spacial score (nSPS) is 27.2. The topological polar surface area (TPSA) is 21.9 Å². The third-order valence-corrected chi connectivity index (χ3v) is 3.27. The van der Waals surface area contributed by atoms with Crippen molar-refractivity contribution in [2.45, 2.75) is 46.6 Å². The summed E-state index contributed by atoms with van der Waals surface area (Å²) in [5.74, 6) is 2.68. The van der Waals surface area contributed by atoms with E-state index in [1.54, 1.807) is 0 Å². The van der Waals surface area contributed by atoms with Crippen LogP contribution in [0.2, 0.25) is 0 Å². The average Bonchev–Trinajstić information content (AvgIpc) is 2.80. The Balaban J connectivity index is 2.25. The number of nitrogens with one attached hydrogen (secondary N) is 1. The first kappa shape index (κ1) is 10.0. The molecule has 12 heavy (non-hydrogen) atoms. The number of hydrogen-bond acceptors (Lipinski definition) is 1. The maximum Gasteiger partial charge on any atom is 0.0218 e. The highest BCUT2D eigenvalue weighted by atomic mass is 15.1. The SMILES string of the molecule is CCC(CC(C)C1CN1)C(C)C. The van der Waals surface area contributed by atoms with Crippen LogP contribution >= 0.6 is 0 Å². The lowest BCUT2D eigenvalue weighted by Gasteiger charge is -2.22. The van der Waals surface area contributed by atoms with E-state index in [2.05, 4.69) is 33.0 Å². The summed E-state index contributed by atoms with van der Waals surface area (Å²) in [6.07, 6.45) is 2.75. The molecule has 72 valence electrons. The number of rotatable bonds is 5. The minimum Gasteiger partial charge on any atom is -0.311 e. The van der Waals surface area contributed by atoms with Crippen molar-refractivity contribution in [3.05, 3.63) is 0 Å². The Kier molecular flexibility index (Phi) is 3.57. The Morgan fingerprint density at radius 1 is 1.33 bits per heavy atom. The van der Waals surface area contributed by atoms with E-state index < -0.39 is 0 Å². The van der Waals surface area contributed by atoms with Gasteiger partial charge in [0.1, 0.15) is 0 Å². The molecule has 0 aromatic carbocycles. The summed E-state index contributed by atoms with van der Waals surface area (Å²) in [6.45, 7) is 10.7. The first-order valence-corrected chi connectivity index (χ1v) is 5.38. The summed E-state index contributed by atoms with van der Waals surface area (Å²) in [7, 11) is 0. The molecule has 1 heterocycles. The third kappa shape index (κ3) is 2.78. The van der Waals surface area contributed by atoms with Crippen LogP contribution < -0.4 is 5.32 Å². The maximum absolute atomic E-state index is 3.40. The van der Waals surface area contributed by atoms with E-state index in [0.717, 1.165) is 23.8 Å². The average molecular weight is 169 g/mol. The highest BCUT2D eigenvalue weighted by molar-refractivity contribution is 4.88.